The third kappa shape index (κ3) is 29.8. The molecule has 0 spiro atoms. The van der Waals surface area contributed by atoms with Crippen LogP contribution in [-0.2, 0) is 0 Å². The molecule has 0 bridgehead atoms. The van der Waals surface area contributed by atoms with Gasteiger partial charge in [0.2, 0.25) is 0 Å². The van der Waals surface area contributed by atoms with Crippen LogP contribution in [0.4, 0.5) is 0 Å². The van der Waals surface area contributed by atoms with Crippen molar-refractivity contribution in [3.05, 3.63) is 16.9 Å². The van der Waals surface area contributed by atoms with Gasteiger partial charge in [0.05, 0.1) is 26.3 Å². The van der Waals surface area contributed by atoms with Gasteiger partial charge in [-0.1, -0.05) is 295 Å². The van der Waals surface area contributed by atoms with Gasteiger partial charge in [-0.05, 0) is 69.9 Å². The van der Waals surface area contributed by atoms with E-state index in [9.17, 15) is 0 Å². The van der Waals surface area contributed by atoms with Crippen molar-refractivity contribution < 1.29 is 0 Å². The summed E-state index contributed by atoms with van der Waals surface area (Å²) in [4.78, 5) is 0. The first-order chi connectivity index (χ1) is 30.5. The van der Waals surface area contributed by atoms with Gasteiger partial charge in [0.15, 0.2) is 0 Å². The van der Waals surface area contributed by atoms with Gasteiger partial charge in [0.1, 0.15) is 0 Å². The molecule has 356 valence electrons. The van der Waals surface area contributed by atoms with Crippen LogP contribution in [0.15, 0.2) is 0 Å². The maximum Gasteiger partial charge on any atom is 0.0831 e. The SMILES string of the molecule is CCCCCCCCCCCC(CCC#Cc1c(I)sc2c(C#CCCC(CCCCCCCCCC)CCCCCCCCCCC)c(I)sc12)CCCCCCCCCC. The Morgan fingerprint density at radius 2 is 0.548 bits per heavy atom. The Morgan fingerprint density at radius 3 is 0.790 bits per heavy atom. The molecule has 0 aliphatic carbocycles. The van der Waals surface area contributed by atoms with Gasteiger partial charge in [0.25, 0.3) is 0 Å². The highest BCUT2D eigenvalue weighted by Gasteiger charge is 2.17. The lowest BCUT2D eigenvalue weighted by molar-refractivity contribution is 0.383. The summed E-state index contributed by atoms with van der Waals surface area (Å²) < 4.78 is 5.49. The second-order valence-corrected chi connectivity index (χ2v) is 25.0. The highest BCUT2D eigenvalue weighted by atomic mass is 127. The van der Waals surface area contributed by atoms with E-state index in [-0.39, 0.29) is 0 Å². The van der Waals surface area contributed by atoms with Crippen LogP contribution in [0, 0.1) is 41.3 Å². The predicted octanol–water partition coefficient (Wildman–Crippen LogP) is 22.6. The van der Waals surface area contributed by atoms with Crippen molar-refractivity contribution in [1.82, 2.24) is 0 Å². The van der Waals surface area contributed by atoms with Crippen LogP contribution in [0.3, 0.4) is 0 Å². The molecule has 2 atom stereocenters. The van der Waals surface area contributed by atoms with E-state index in [1.54, 1.807) is 0 Å². The summed E-state index contributed by atoms with van der Waals surface area (Å²) in [6.07, 6.45) is 58.7. The molecule has 4 heteroatoms. The van der Waals surface area contributed by atoms with E-state index < -0.39 is 0 Å². The van der Waals surface area contributed by atoms with Gasteiger partial charge in [-0.3, -0.25) is 0 Å². The predicted molar refractivity (Wildman–Crippen MR) is 302 cm³/mol. The first-order valence-corrected chi connectivity index (χ1v) is 31.2. The minimum atomic E-state index is 0.852. The number of rotatable bonds is 42. The van der Waals surface area contributed by atoms with E-state index in [1.165, 1.54) is 283 Å². The zero-order chi connectivity index (χ0) is 44.6. The van der Waals surface area contributed by atoms with Gasteiger partial charge < -0.3 is 0 Å². The molecule has 0 fully saturated rings. The van der Waals surface area contributed by atoms with Crippen LogP contribution >= 0.6 is 67.9 Å². The molecule has 0 N–H and O–H groups in total. The van der Waals surface area contributed by atoms with Gasteiger partial charge in [-0.25, -0.2) is 0 Å². The Hall–Kier alpha value is 0.240. The Labute approximate surface area is 423 Å². The van der Waals surface area contributed by atoms with Crippen LogP contribution in [0.1, 0.15) is 308 Å². The van der Waals surface area contributed by atoms with Crippen molar-refractivity contribution in [3.63, 3.8) is 0 Å². The smallest absolute Gasteiger partial charge is 0.0831 e. The quantitative estimate of drug-likeness (QED) is 0.0353. The number of unbranched alkanes of at least 4 members (excludes halogenated alkanes) is 30. The van der Waals surface area contributed by atoms with Gasteiger partial charge >= 0.3 is 0 Å². The molecule has 2 aromatic rings. The van der Waals surface area contributed by atoms with Crippen LogP contribution in [0.2, 0.25) is 0 Å². The van der Waals surface area contributed by atoms with Crippen LogP contribution in [0.5, 0.6) is 0 Å². The van der Waals surface area contributed by atoms with Crippen molar-refractivity contribution in [1.29, 1.82) is 0 Å². The van der Waals surface area contributed by atoms with E-state index in [1.807, 2.05) is 22.7 Å². The molecule has 0 nitrogen and oxygen atoms in total. The summed E-state index contributed by atoms with van der Waals surface area (Å²) in [6, 6.07) is 0. The molecule has 2 unspecified atom stereocenters. The van der Waals surface area contributed by atoms with E-state index in [2.05, 4.69) is 96.6 Å². The first kappa shape index (κ1) is 58.4. The lowest BCUT2D eigenvalue weighted by Crippen LogP contribution is -2.01. The Morgan fingerprint density at radius 1 is 0.323 bits per heavy atom. The second-order valence-electron chi connectivity index (χ2n) is 19.3. The molecule has 0 aliphatic heterocycles. The Kier molecular flexibility index (Phi) is 40.1. The first-order valence-electron chi connectivity index (χ1n) is 27.4. The molecule has 2 rings (SSSR count). The molecule has 62 heavy (non-hydrogen) atoms. The highest BCUT2D eigenvalue weighted by Crippen LogP contribution is 2.42. The molecular formula is C58H98I2S2. The van der Waals surface area contributed by atoms with Gasteiger partial charge in [0, 0.05) is 12.8 Å². The van der Waals surface area contributed by atoms with Gasteiger partial charge in [-0.15, -0.1) is 22.7 Å². The summed E-state index contributed by atoms with van der Waals surface area (Å²) in [5, 5.41) is 0. The monoisotopic (exact) mass is 1110 g/mol. The molecular weight excluding hydrogens is 1010 g/mol. The van der Waals surface area contributed by atoms with E-state index in [0.717, 1.165) is 24.7 Å². The minimum absolute atomic E-state index is 0.852. The van der Waals surface area contributed by atoms with E-state index in [0.29, 0.717) is 0 Å². The second kappa shape index (κ2) is 42.6. The van der Waals surface area contributed by atoms with Crippen LogP contribution < -0.4 is 0 Å². The lowest BCUT2D eigenvalue weighted by atomic mass is 9.90. The zero-order valence-electron chi connectivity index (χ0n) is 41.4. The standard InChI is InChI=1S/C58H98I2S2/c1-5-9-13-17-21-25-29-33-37-45-51(43-35-31-27-23-19-15-11-7-3)47-39-41-49-53-55-56(62-57(53)59)54(58(60)61-55)50-42-40-48-52(44-36-32-28-24-20-16-12-8-4)46-38-34-30-26-22-18-14-10-6-2/h51-52H,5-40,43-48H2,1-4H3. The van der Waals surface area contributed by atoms with Gasteiger partial charge in [-0.2, -0.15) is 0 Å². The van der Waals surface area contributed by atoms with Crippen LogP contribution in [-0.4, -0.2) is 0 Å². The van der Waals surface area contributed by atoms with Crippen molar-refractivity contribution in [2.24, 2.45) is 11.8 Å². The summed E-state index contributed by atoms with van der Waals surface area (Å²) in [7, 11) is 0. The average molecular weight is 1110 g/mol. The molecule has 0 saturated carbocycles. The fraction of sp³-hybridized carbons (Fsp3) is 0.828. The summed E-state index contributed by atoms with van der Waals surface area (Å²) in [5.74, 6) is 16.5. The maximum atomic E-state index is 3.72. The normalized spacial score (nSPS) is 12.4. The minimum Gasteiger partial charge on any atom is -0.126 e. The fourth-order valence-corrected chi connectivity index (χ4v) is 14.1. The Balaban J connectivity index is 1.94. The maximum absolute atomic E-state index is 3.72. The number of thiophene rings is 2. The van der Waals surface area contributed by atoms with E-state index in [4.69, 9.17) is 0 Å². The lowest BCUT2D eigenvalue weighted by Gasteiger charge is -2.16. The van der Waals surface area contributed by atoms with Crippen molar-refractivity contribution in [3.8, 4) is 23.7 Å². The molecule has 0 aromatic carbocycles. The van der Waals surface area contributed by atoms with Crippen molar-refractivity contribution >= 4 is 77.3 Å². The van der Waals surface area contributed by atoms with Crippen molar-refractivity contribution in [2.75, 3.05) is 0 Å². The van der Waals surface area contributed by atoms with E-state index >= 15 is 0 Å². The topological polar surface area (TPSA) is 0 Å². The third-order valence-corrected chi connectivity index (χ3v) is 18.1. The average Bonchev–Trinajstić information content (AvgIpc) is 3.74. The number of hydrogen-bond acceptors (Lipinski definition) is 2. The number of fused-ring (bicyclic) bond motifs is 1. The highest BCUT2D eigenvalue weighted by molar-refractivity contribution is 14.1. The molecule has 0 radical (unpaired) electrons. The summed E-state index contributed by atoms with van der Waals surface area (Å²) >= 11 is 8.98. The molecule has 0 aliphatic rings. The molecule has 0 saturated heterocycles. The molecule has 2 aromatic heterocycles. The zero-order valence-corrected chi connectivity index (χ0v) is 47.4. The number of hydrogen-bond donors (Lipinski definition) is 0. The van der Waals surface area contributed by atoms with Crippen LogP contribution in [0.25, 0.3) is 9.40 Å². The molecule has 0 amide bonds. The number of halogens is 2. The largest absolute Gasteiger partial charge is 0.126 e. The summed E-state index contributed by atoms with van der Waals surface area (Å²) in [5.41, 5.74) is 2.57. The summed E-state index contributed by atoms with van der Waals surface area (Å²) in [6.45, 7) is 9.28. The third-order valence-electron chi connectivity index (χ3n) is 13.6. The fourth-order valence-electron chi connectivity index (χ4n) is 9.43. The Bertz CT molecular complexity index is 1320. The van der Waals surface area contributed by atoms with Crippen molar-refractivity contribution in [2.45, 2.75) is 297 Å². The molecule has 2 heterocycles.